The summed E-state index contributed by atoms with van der Waals surface area (Å²) in [6.07, 6.45) is 1.61. The summed E-state index contributed by atoms with van der Waals surface area (Å²) in [4.78, 5) is 13.5. The maximum absolute atomic E-state index is 12.0. The molecule has 7 heteroatoms. The van der Waals surface area contributed by atoms with Crippen LogP contribution in [-0.4, -0.2) is 28.7 Å². The third kappa shape index (κ3) is 4.81. The van der Waals surface area contributed by atoms with Crippen molar-refractivity contribution in [2.45, 2.75) is 0 Å². The van der Waals surface area contributed by atoms with Gasteiger partial charge in [-0.25, -0.2) is 0 Å². The van der Waals surface area contributed by atoms with Crippen molar-refractivity contribution in [2.75, 3.05) is 18.6 Å². The first kappa shape index (κ1) is 16.5. The van der Waals surface area contributed by atoms with Crippen LogP contribution in [0.15, 0.2) is 30.3 Å². The molecule has 1 unspecified atom stereocenters. The smallest absolute Gasteiger partial charge is 0.261 e. The van der Waals surface area contributed by atoms with Crippen molar-refractivity contribution in [1.29, 1.82) is 0 Å². The maximum Gasteiger partial charge on any atom is 0.261 e. The molecule has 0 bridgehead atoms. The largest absolute Gasteiger partial charge is 0.350 e. The van der Waals surface area contributed by atoms with Gasteiger partial charge in [-0.3, -0.25) is 9.00 Å². The first-order valence-electron chi connectivity index (χ1n) is 6.10. The van der Waals surface area contributed by atoms with E-state index in [2.05, 4.69) is 5.32 Å². The molecule has 0 saturated carbocycles. The topological polar surface area (TPSA) is 46.2 Å². The lowest BCUT2D eigenvalue weighted by Crippen LogP contribution is -2.26. The quantitative estimate of drug-likeness (QED) is 0.879. The second-order valence-corrected chi connectivity index (χ2v) is 7.87. The third-order valence-corrected chi connectivity index (χ3v) is 5.00. The fourth-order valence-corrected chi connectivity index (χ4v) is 3.53. The van der Waals surface area contributed by atoms with Gasteiger partial charge in [0.2, 0.25) is 0 Å². The molecule has 1 heterocycles. The minimum atomic E-state index is -0.909. The summed E-state index contributed by atoms with van der Waals surface area (Å²) in [5.74, 6) is 0.290. The van der Waals surface area contributed by atoms with E-state index in [9.17, 15) is 9.00 Å². The van der Waals surface area contributed by atoms with E-state index in [-0.39, 0.29) is 5.91 Å². The van der Waals surface area contributed by atoms with Crippen LogP contribution < -0.4 is 5.32 Å². The van der Waals surface area contributed by atoms with Gasteiger partial charge in [0.05, 0.1) is 4.88 Å². The molecule has 2 aromatic rings. The van der Waals surface area contributed by atoms with Crippen molar-refractivity contribution in [1.82, 2.24) is 5.32 Å². The lowest BCUT2D eigenvalue weighted by atomic mass is 10.2. The van der Waals surface area contributed by atoms with Crippen LogP contribution in [-0.2, 0) is 10.8 Å². The van der Waals surface area contributed by atoms with Crippen LogP contribution in [0.1, 0.15) is 9.67 Å². The molecular weight excluding hydrogens is 349 g/mol. The number of nitrogens with one attached hydrogen (secondary N) is 1. The molecule has 0 radical (unpaired) electrons. The standard InChI is InChI=1S/C14H13Cl2NO2S2/c1-21(19)5-4-17-14(18)13-3-2-12(20-13)9-6-10(15)8-11(16)7-9/h2-3,6-8H,4-5H2,1H3,(H,17,18). The highest BCUT2D eigenvalue weighted by Gasteiger charge is 2.11. The molecular formula is C14H13Cl2NO2S2. The van der Waals surface area contributed by atoms with Crippen LogP contribution in [0, 0.1) is 0 Å². The molecule has 1 amide bonds. The fourth-order valence-electron chi connectivity index (χ4n) is 1.71. The van der Waals surface area contributed by atoms with Gasteiger partial charge in [-0.2, -0.15) is 0 Å². The zero-order chi connectivity index (χ0) is 15.4. The number of hydrogen-bond acceptors (Lipinski definition) is 3. The number of amides is 1. The Balaban J connectivity index is 2.10. The van der Waals surface area contributed by atoms with E-state index in [1.54, 1.807) is 30.5 Å². The molecule has 3 nitrogen and oxygen atoms in total. The molecule has 112 valence electrons. The summed E-state index contributed by atoms with van der Waals surface area (Å²) in [5, 5.41) is 3.86. The summed E-state index contributed by atoms with van der Waals surface area (Å²) < 4.78 is 11.0. The zero-order valence-electron chi connectivity index (χ0n) is 11.2. The Kier molecular flexibility index (Phi) is 5.81. The first-order valence-corrected chi connectivity index (χ1v) is 9.40. The van der Waals surface area contributed by atoms with Crippen LogP contribution in [0.2, 0.25) is 10.0 Å². The van der Waals surface area contributed by atoms with E-state index >= 15 is 0 Å². The number of carbonyl (C=O) groups is 1. The Morgan fingerprint density at radius 1 is 1.24 bits per heavy atom. The molecule has 1 N–H and O–H groups in total. The van der Waals surface area contributed by atoms with E-state index in [4.69, 9.17) is 23.2 Å². The number of benzene rings is 1. The molecule has 1 aromatic carbocycles. The summed E-state index contributed by atoms with van der Waals surface area (Å²) in [5.41, 5.74) is 0.881. The van der Waals surface area contributed by atoms with E-state index in [0.717, 1.165) is 10.4 Å². The molecule has 0 aliphatic heterocycles. The van der Waals surface area contributed by atoms with Crippen molar-refractivity contribution in [3.63, 3.8) is 0 Å². The lowest BCUT2D eigenvalue weighted by Gasteiger charge is -2.02. The van der Waals surface area contributed by atoms with E-state index in [1.807, 2.05) is 6.07 Å². The van der Waals surface area contributed by atoms with E-state index in [0.29, 0.717) is 27.2 Å². The summed E-state index contributed by atoms with van der Waals surface area (Å²) >= 11 is 13.3. The zero-order valence-corrected chi connectivity index (χ0v) is 14.3. The second-order valence-electron chi connectivity index (χ2n) is 4.36. The number of carbonyl (C=O) groups excluding carboxylic acids is 1. The van der Waals surface area contributed by atoms with Crippen molar-refractivity contribution >= 4 is 51.2 Å². The third-order valence-electron chi connectivity index (χ3n) is 2.65. The van der Waals surface area contributed by atoms with Gasteiger partial charge in [0.15, 0.2) is 0 Å². The van der Waals surface area contributed by atoms with Crippen LogP contribution >= 0.6 is 34.5 Å². The number of rotatable bonds is 5. The van der Waals surface area contributed by atoms with Crippen molar-refractivity contribution in [3.05, 3.63) is 45.3 Å². The van der Waals surface area contributed by atoms with Gasteiger partial charge >= 0.3 is 0 Å². The highest BCUT2D eigenvalue weighted by molar-refractivity contribution is 7.84. The Morgan fingerprint density at radius 2 is 1.90 bits per heavy atom. The summed E-state index contributed by atoms with van der Waals surface area (Å²) in [6, 6.07) is 8.90. The highest BCUT2D eigenvalue weighted by Crippen LogP contribution is 2.32. The number of hydrogen-bond donors (Lipinski definition) is 1. The molecule has 1 aromatic heterocycles. The highest BCUT2D eigenvalue weighted by atomic mass is 35.5. The van der Waals surface area contributed by atoms with Gasteiger partial charge in [0.25, 0.3) is 5.91 Å². The Bertz CT molecular complexity index is 665. The van der Waals surface area contributed by atoms with E-state index in [1.165, 1.54) is 11.3 Å². The van der Waals surface area contributed by atoms with Gasteiger partial charge in [-0.05, 0) is 35.9 Å². The van der Waals surface area contributed by atoms with Crippen LogP contribution in [0.3, 0.4) is 0 Å². The van der Waals surface area contributed by atoms with Crippen molar-refractivity contribution in [3.8, 4) is 10.4 Å². The van der Waals surface area contributed by atoms with Gasteiger partial charge in [0.1, 0.15) is 0 Å². The molecule has 0 fully saturated rings. The fraction of sp³-hybridized carbons (Fsp3) is 0.214. The molecule has 0 saturated heterocycles. The monoisotopic (exact) mass is 361 g/mol. The van der Waals surface area contributed by atoms with Gasteiger partial charge < -0.3 is 5.32 Å². The molecule has 0 aliphatic carbocycles. The van der Waals surface area contributed by atoms with Gasteiger partial charge in [0, 0.05) is 44.3 Å². The predicted octanol–water partition coefficient (Wildman–Crippen LogP) is 3.83. The van der Waals surface area contributed by atoms with Crippen LogP contribution in [0.5, 0.6) is 0 Å². The second kappa shape index (κ2) is 7.40. The molecule has 2 rings (SSSR count). The molecule has 1 atom stereocenters. The molecule has 21 heavy (non-hydrogen) atoms. The van der Waals surface area contributed by atoms with Crippen LogP contribution in [0.25, 0.3) is 10.4 Å². The van der Waals surface area contributed by atoms with Crippen molar-refractivity contribution in [2.24, 2.45) is 0 Å². The first-order chi connectivity index (χ1) is 9.95. The van der Waals surface area contributed by atoms with E-state index < -0.39 is 10.8 Å². The maximum atomic E-state index is 12.0. The number of thiophene rings is 1. The minimum Gasteiger partial charge on any atom is -0.350 e. The van der Waals surface area contributed by atoms with Crippen molar-refractivity contribution < 1.29 is 9.00 Å². The molecule has 0 spiro atoms. The summed E-state index contributed by atoms with van der Waals surface area (Å²) in [6.45, 7) is 0.401. The normalized spacial score (nSPS) is 12.1. The average molecular weight is 362 g/mol. The lowest BCUT2D eigenvalue weighted by molar-refractivity contribution is 0.0960. The van der Waals surface area contributed by atoms with Gasteiger partial charge in [-0.15, -0.1) is 11.3 Å². The Morgan fingerprint density at radius 3 is 2.52 bits per heavy atom. The number of halogens is 2. The van der Waals surface area contributed by atoms with Gasteiger partial charge in [-0.1, -0.05) is 23.2 Å². The average Bonchev–Trinajstić information content (AvgIpc) is 2.86. The minimum absolute atomic E-state index is 0.162. The SMILES string of the molecule is CS(=O)CCNC(=O)c1ccc(-c2cc(Cl)cc(Cl)c2)s1. The van der Waals surface area contributed by atoms with Crippen LogP contribution in [0.4, 0.5) is 0 Å². The summed E-state index contributed by atoms with van der Waals surface area (Å²) in [7, 11) is -0.909. The Hall–Kier alpha value is -0.880. The Labute approximate surface area is 139 Å². The predicted molar refractivity (Wildman–Crippen MR) is 91.0 cm³/mol. The molecule has 0 aliphatic rings.